The quantitative estimate of drug-likeness (QED) is 0.567. The van der Waals surface area contributed by atoms with Crippen molar-refractivity contribution in [3.8, 4) is 0 Å². The second-order valence-electron chi connectivity index (χ2n) is 5.25. The SMILES string of the molecule is CC(=O)OCc1ccccc1.CCOC(=O)c1ccccc1C(=O)OCC. The molecule has 0 bridgehead atoms. The maximum absolute atomic E-state index is 11.5. The van der Waals surface area contributed by atoms with Gasteiger partial charge in [0.25, 0.3) is 0 Å². The normalized spacial score (nSPS) is 9.44. The third kappa shape index (κ3) is 8.18. The van der Waals surface area contributed by atoms with Gasteiger partial charge in [0.15, 0.2) is 0 Å². The number of hydrogen-bond acceptors (Lipinski definition) is 6. The van der Waals surface area contributed by atoms with Crippen molar-refractivity contribution in [3.05, 3.63) is 71.3 Å². The molecule has 0 aliphatic heterocycles. The summed E-state index contributed by atoms with van der Waals surface area (Å²) in [6.45, 7) is 5.75. The summed E-state index contributed by atoms with van der Waals surface area (Å²) in [6.07, 6.45) is 0. The molecule has 0 atom stereocenters. The van der Waals surface area contributed by atoms with E-state index in [9.17, 15) is 14.4 Å². The molecule has 2 aromatic carbocycles. The van der Waals surface area contributed by atoms with E-state index in [1.54, 1.807) is 38.1 Å². The molecule has 144 valence electrons. The lowest BCUT2D eigenvalue weighted by atomic mass is 10.1. The molecule has 2 rings (SSSR count). The van der Waals surface area contributed by atoms with Gasteiger partial charge in [0.1, 0.15) is 6.61 Å². The molecule has 0 spiro atoms. The molecule has 0 unspecified atom stereocenters. The van der Waals surface area contributed by atoms with E-state index < -0.39 is 11.9 Å². The number of benzene rings is 2. The fourth-order valence-electron chi connectivity index (χ4n) is 2.02. The lowest BCUT2D eigenvalue weighted by Crippen LogP contribution is -2.13. The fraction of sp³-hybridized carbons (Fsp3) is 0.286. The van der Waals surface area contributed by atoms with Gasteiger partial charge in [0.05, 0.1) is 24.3 Å². The predicted molar refractivity (Wildman–Crippen MR) is 100 cm³/mol. The van der Waals surface area contributed by atoms with Gasteiger partial charge in [0.2, 0.25) is 0 Å². The monoisotopic (exact) mass is 372 g/mol. The van der Waals surface area contributed by atoms with Crippen LogP contribution in [0.15, 0.2) is 54.6 Å². The topological polar surface area (TPSA) is 78.9 Å². The highest BCUT2D eigenvalue weighted by Gasteiger charge is 2.17. The Kier molecular flexibility index (Phi) is 9.93. The van der Waals surface area contributed by atoms with Gasteiger partial charge in [-0.2, -0.15) is 0 Å². The van der Waals surface area contributed by atoms with Crippen molar-refractivity contribution in [3.63, 3.8) is 0 Å². The van der Waals surface area contributed by atoms with Gasteiger partial charge in [-0.05, 0) is 31.5 Å². The molecule has 0 aromatic heterocycles. The first kappa shape index (κ1) is 21.9. The highest BCUT2D eigenvalue weighted by atomic mass is 16.5. The van der Waals surface area contributed by atoms with Crippen LogP contribution in [0.2, 0.25) is 0 Å². The molecule has 0 heterocycles. The number of carbonyl (C=O) groups is 3. The van der Waals surface area contributed by atoms with Crippen LogP contribution in [0.3, 0.4) is 0 Å². The second-order valence-corrected chi connectivity index (χ2v) is 5.25. The van der Waals surface area contributed by atoms with Crippen molar-refractivity contribution < 1.29 is 28.6 Å². The smallest absolute Gasteiger partial charge is 0.338 e. The standard InChI is InChI=1S/C12H14O4.C9H10O2/c1-3-15-11(13)9-7-5-6-8-10(9)12(14)16-4-2;1-8(10)11-7-9-5-3-2-4-6-9/h5-8H,3-4H2,1-2H3;2-6H,7H2,1H3. The molecule has 0 aliphatic rings. The van der Waals surface area contributed by atoms with Crippen molar-refractivity contribution in [2.75, 3.05) is 13.2 Å². The highest BCUT2D eigenvalue weighted by Crippen LogP contribution is 2.11. The summed E-state index contributed by atoms with van der Waals surface area (Å²) in [4.78, 5) is 33.5. The summed E-state index contributed by atoms with van der Waals surface area (Å²) in [6, 6.07) is 16.0. The van der Waals surface area contributed by atoms with Crippen molar-refractivity contribution in [2.45, 2.75) is 27.4 Å². The molecule has 27 heavy (non-hydrogen) atoms. The zero-order chi connectivity index (χ0) is 20.1. The Morgan fingerprint density at radius 2 is 1.15 bits per heavy atom. The summed E-state index contributed by atoms with van der Waals surface area (Å²) >= 11 is 0. The van der Waals surface area contributed by atoms with Crippen LogP contribution in [0, 0.1) is 0 Å². The van der Waals surface area contributed by atoms with Gasteiger partial charge in [-0.15, -0.1) is 0 Å². The van der Waals surface area contributed by atoms with Crippen LogP contribution in [0.4, 0.5) is 0 Å². The van der Waals surface area contributed by atoms with Crippen LogP contribution in [0.25, 0.3) is 0 Å². The lowest BCUT2D eigenvalue weighted by Gasteiger charge is -2.07. The van der Waals surface area contributed by atoms with Crippen LogP contribution in [-0.2, 0) is 25.6 Å². The predicted octanol–water partition coefficient (Wildman–Crippen LogP) is 3.79. The van der Waals surface area contributed by atoms with E-state index in [2.05, 4.69) is 0 Å². The summed E-state index contributed by atoms with van der Waals surface area (Å²) in [5, 5.41) is 0. The lowest BCUT2D eigenvalue weighted by molar-refractivity contribution is -0.142. The zero-order valence-corrected chi connectivity index (χ0v) is 15.8. The summed E-state index contributed by atoms with van der Waals surface area (Å²) in [7, 11) is 0. The van der Waals surface area contributed by atoms with Crippen molar-refractivity contribution in [1.29, 1.82) is 0 Å². The maximum atomic E-state index is 11.5. The number of ether oxygens (including phenoxy) is 3. The Hall–Kier alpha value is -3.15. The molecule has 0 saturated heterocycles. The van der Waals surface area contributed by atoms with E-state index in [0.717, 1.165) is 5.56 Å². The van der Waals surface area contributed by atoms with Crippen molar-refractivity contribution in [2.24, 2.45) is 0 Å². The Morgan fingerprint density at radius 3 is 1.56 bits per heavy atom. The summed E-state index contributed by atoms with van der Waals surface area (Å²) in [5.41, 5.74) is 1.49. The molecule has 0 N–H and O–H groups in total. The minimum absolute atomic E-state index is 0.239. The van der Waals surface area contributed by atoms with Gasteiger partial charge in [-0.25, -0.2) is 9.59 Å². The fourth-order valence-corrected chi connectivity index (χ4v) is 2.02. The highest BCUT2D eigenvalue weighted by molar-refractivity contribution is 6.03. The van der Waals surface area contributed by atoms with Gasteiger partial charge >= 0.3 is 17.9 Å². The average molecular weight is 372 g/mol. The van der Waals surface area contributed by atoms with E-state index in [1.165, 1.54) is 6.92 Å². The van der Waals surface area contributed by atoms with Crippen LogP contribution in [0.1, 0.15) is 47.1 Å². The average Bonchev–Trinajstić information content (AvgIpc) is 2.68. The van der Waals surface area contributed by atoms with Gasteiger partial charge in [-0.1, -0.05) is 42.5 Å². The van der Waals surface area contributed by atoms with Gasteiger partial charge in [-0.3, -0.25) is 4.79 Å². The minimum atomic E-state index is -0.508. The van der Waals surface area contributed by atoms with Gasteiger partial charge in [0, 0.05) is 6.92 Å². The first-order valence-corrected chi connectivity index (χ1v) is 8.60. The molecule has 0 fully saturated rings. The number of esters is 3. The van der Waals surface area contributed by atoms with Crippen molar-refractivity contribution in [1.82, 2.24) is 0 Å². The first-order valence-electron chi connectivity index (χ1n) is 8.60. The molecule has 0 aliphatic carbocycles. The summed E-state index contributed by atoms with van der Waals surface area (Å²) < 4.78 is 14.5. The Balaban J connectivity index is 0.000000289. The number of carbonyl (C=O) groups excluding carboxylic acids is 3. The van der Waals surface area contributed by atoms with E-state index in [0.29, 0.717) is 6.61 Å². The van der Waals surface area contributed by atoms with E-state index in [-0.39, 0.29) is 30.3 Å². The Bertz CT molecular complexity index is 702. The molecule has 0 radical (unpaired) electrons. The second kappa shape index (κ2) is 12.2. The Labute approximate surface area is 159 Å². The Morgan fingerprint density at radius 1 is 0.704 bits per heavy atom. The van der Waals surface area contributed by atoms with E-state index >= 15 is 0 Å². The molecular weight excluding hydrogens is 348 g/mol. The molecule has 6 heteroatoms. The molecule has 0 amide bonds. The van der Waals surface area contributed by atoms with Crippen LogP contribution in [-0.4, -0.2) is 31.1 Å². The number of hydrogen-bond donors (Lipinski definition) is 0. The third-order valence-electron chi connectivity index (χ3n) is 3.20. The first-order chi connectivity index (χ1) is 13.0. The largest absolute Gasteiger partial charge is 0.462 e. The molecule has 6 nitrogen and oxygen atoms in total. The maximum Gasteiger partial charge on any atom is 0.338 e. The molecular formula is C21H24O6. The van der Waals surface area contributed by atoms with Crippen LogP contribution >= 0.6 is 0 Å². The zero-order valence-electron chi connectivity index (χ0n) is 15.8. The van der Waals surface area contributed by atoms with Crippen molar-refractivity contribution >= 4 is 17.9 Å². The molecule has 2 aromatic rings. The van der Waals surface area contributed by atoms with E-state index in [4.69, 9.17) is 14.2 Å². The van der Waals surface area contributed by atoms with Crippen LogP contribution in [0.5, 0.6) is 0 Å². The van der Waals surface area contributed by atoms with E-state index in [1.807, 2.05) is 30.3 Å². The number of rotatable bonds is 6. The van der Waals surface area contributed by atoms with Gasteiger partial charge < -0.3 is 14.2 Å². The third-order valence-corrected chi connectivity index (χ3v) is 3.20. The minimum Gasteiger partial charge on any atom is -0.462 e. The molecule has 0 saturated carbocycles. The van der Waals surface area contributed by atoms with Crippen LogP contribution < -0.4 is 0 Å². The summed E-state index contributed by atoms with van der Waals surface area (Å²) in [5.74, 6) is -1.26.